The molecule has 0 unspecified atom stereocenters. The molecule has 8 heteroatoms. The zero-order valence-electron chi connectivity index (χ0n) is 12.8. The maximum absolute atomic E-state index is 13.6. The number of hydrogen-bond acceptors (Lipinski definition) is 3. The van der Waals surface area contributed by atoms with Crippen LogP contribution in [0.5, 0.6) is 0 Å². The second kappa shape index (κ2) is 6.29. The van der Waals surface area contributed by atoms with Gasteiger partial charge in [0.2, 0.25) is 10.0 Å². The van der Waals surface area contributed by atoms with E-state index in [4.69, 9.17) is 0 Å². The van der Waals surface area contributed by atoms with Gasteiger partial charge in [0, 0.05) is 25.4 Å². The molecule has 1 N–H and O–H groups in total. The predicted molar refractivity (Wildman–Crippen MR) is 85.2 cm³/mol. The minimum absolute atomic E-state index is 0.0289. The number of sulfonamides is 1. The number of rotatable bonds is 5. The van der Waals surface area contributed by atoms with Crippen LogP contribution in [0, 0.1) is 18.6 Å². The summed E-state index contributed by atoms with van der Waals surface area (Å²) in [4.78, 5) is 3.69. The van der Waals surface area contributed by atoms with Gasteiger partial charge in [-0.1, -0.05) is 0 Å². The Balaban J connectivity index is 1.71. The highest BCUT2D eigenvalue weighted by molar-refractivity contribution is 7.89. The zero-order valence-corrected chi connectivity index (χ0v) is 13.6. The normalized spacial score (nSPS) is 12.0. The van der Waals surface area contributed by atoms with Gasteiger partial charge >= 0.3 is 0 Å². The van der Waals surface area contributed by atoms with Crippen LogP contribution in [-0.4, -0.2) is 24.3 Å². The average molecular weight is 351 g/mol. The summed E-state index contributed by atoms with van der Waals surface area (Å²) in [5, 5.41) is 0. The van der Waals surface area contributed by atoms with E-state index in [0.717, 1.165) is 23.3 Å². The Labute approximate surface area is 138 Å². The summed E-state index contributed by atoms with van der Waals surface area (Å²) >= 11 is 0. The first-order valence-electron chi connectivity index (χ1n) is 7.24. The monoisotopic (exact) mass is 351 g/mol. The Morgan fingerprint density at radius 3 is 2.79 bits per heavy atom. The molecule has 0 fully saturated rings. The number of nitrogens with zero attached hydrogens (tertiary/aromatic N) is 2. The molecule has 1 aromatic carbocycles. The molecule has 0 aliphatic rings. The van der Waals surface area contributed by atoms with Crippen LogP contribution >= 0.6 is 0 Å². The van der Waals surface area contributed by atoms with Gasteiger partial charge in [0.25, 0.3) is 0 Å². The number of benzene rings is 1. The Hall–Kier alpha value is -2.32. The van der Waals surface area contributed by atoms with Crippen molar-refractivity contribution < 1.29 is 17.2 Å². The first kappa shape index (κ1) is 16.5. The molecule has 2 aromatic heterocycles. The molecule has 0 radical (unpaired) electrons. The second-order valence-corrected chi connectivity index (χ2v) is 7.16. The van der Waals surface area contributed by atoms with Crippen LogP contribution in [-0.2, 0) is 16.4 Å². The molecule has 0 spiro atoms. The van der Waals surface area contributed by atoms with Crippen LogP contribution in [0.25, 0.3) is 5.65 Å². The van der Waals surface area contributed by atoms with E-state index in [1.54, 1.807) is 6.20 Å². The molecule has 2 heterocycles. The van der Waals surface area contributed by atoms with Gasteiger partial charge in [-0.15, -0.1) is 0 Å². The maximum atomic E-state index is 13.6. The highest BCUT2D eigenvalue weighted by atomic mass is 32.2. The van der Waals surface area contributed by atoms with Crippen molar-refractivity contribution in [2.45, 2.75) is 18.2 Å². The van der Waals surface area contributed by atoms with Gasteiger partial charge in [0.1, 0.15) is 22.2 Å². The maximum Gasteiger partial charge on any atom is 0.243 e. The Bertz CT molecular complexity index is 1000. The quantitative estimate of drug-likeness (QED) is 0.768. The Kier molecular flexibility index (Phi) is 4.33. The number of aromatic nitrogens is 2. The molecule has 126 valence electrons. The van der Waals surface area contributed by atoms with Gasteiger partial charge in [-0.2, -0.15) is 0 Å². The molecule has 5 nitrogen and oxygen atoms in total. The molecule has 3 aromatic rings. The molecule has 0 aliphatic carbocycles. The van der Waals surface area contributed by atoms with Crippen LogP contribution in [0.15, 0.2) is 47.6 Å². The van der Waals surface area contributed by atoms with Gasteiger partial charge in [-0.25, -0.2) is 26.9 Å². The SMILES string of the molecule is Cc1ccn2cc(CCNS(=O)(=O)c3cc(F)ccc3F)nc2c1. The predicted octanol–water partition coefficient (Wildman–Crippen LogP) is 2.44. The van der Waals surface area contributed by atoms with E-state index in [1.807, 2.05) is 29.7 Å². The molecular formula is C16H15F2N3O2S. The van der Waals surface area contributed by atoms with Crippen molar-refractivity contribution in [3.63, 3.8) is 0 Å². The van der Waals surface area contributed by atoms with E-state index in [2.05, 4.69) is 9.71 Å². The first-order valence-corrected chi connectivity index (χ1v) is 8.72. The van der Waals surface area contributed by atoms with Crippen molar-refractivity contribution in [1.82, 2.24) is 14.1 Å². The zero-order chi connectivity index (χ0) is 17.3. The summed E-state index contributed by atoms with van der Waals surface area (Å²) in [6.07, 6.45) is 4.00. The third kappa shape index (κ3) is 3.44. The fraction of sp³-hybridized carbons (Fsp3) is 0.188. The molecule has 3 rings (SSSR count). The molecule has 24 heavy (non-hydrogen) atoms. The topological polar surface area (TPSA) is 63.5 Å². The molecule has 0 aliphatic heterocycles. The van der Waals surface area contributed by atoms with Gasteiger partial charge in [-0.05, 0) is 42.8 Å². The van der Waals surface area contributed by atoms with E-state index in [-0.39, 0.29) is 6.54 Å². The van der Waals surface area contributed by atoms with Gasteiger partial charge < -0.3 is 4.40 Å². The number of pyridine rings is 1. The standard InChI is InChI=1S/C16H15F2N3O2S/c1-11-5-7-21-10-13(20-16(21)8-11)4-6-19-24(22,23)15-9-12(17)2-3-14(15)18/h2-3,5,7-10,19H,4,6H2,1H3. The van der Waals surface area contributed by atoms with Crippen LogP contribution < -0.4 is 4.72 Å². The van der Waals surface area contributed by atoms with E-state index < -0.39 is 26.6 Å². The van der Waals surface area contributed by atoms with Crippen molar-refractivity contribution in [2.75, 3.05) is 6.54 Å². The van der Waals surface area contributed by atoms with Gasteiger partial charge in [0.15, 0.2) is 0 Å². The van der Waals surface area contributed by atoms with Crippen LogP contribution in [0.2, 0.25) is 0 Å². The molecule has 0 saturated heterocycles. The molecular weight excluding hydrogens is 336 g/mol. The third-order valence-corrected chi connectivity index (χ3v) is 5.00. The number of nitrogens with one attached hydrogen (secondary N) is 1. The summed E-state index contributed by atoms with van der Waals surface area (Å²) in [5.41, 5.74) is 2.54. The van der Waals surface area contributed by atoms with Crippen molar-refractivity contribution >= 4 is 15.7 Å². The van der Waals surface area contributed by atoms with Crippen molar-refractivity contribution in [3.05, 3.63) is 65.6 Å². The lowest BCUT2D eigenvalue weighted by molar-refractivity contribution is 0.546. The van der Waals surface area contributed by atoms with E-state index in [0.29, 0.717) is 18.2 Å². The lowest BCUT2D eigenvalue weighted by Gasteiger charge is -2.07. The summed E-state index contributed by atoms with van der Waals surface area (Å²) in [6.45, 7) is 1.98. The van der Waals surface area contributed by atoms with Crippen molar-refractivity contribution in [3.8, 4) is 0 Å². The fourth-order valence-electron chi connectivity index (χ4n) is 2.33. The number of imidazole rings is 1. The number of fused-ring (bicyclic) bond motifs is 1. The highest BCUT2D eigenvalue weighted by Crippen LogP contribution is 2.15. The Morgan fingerprint density at radius 2 is 2.00 bits per heavy atom. The van der Waals surface area contributed by atoms with E-state index >= 15 is 0 Å². The largest absolute Gasteiger partial charge is 0.307 e. The lowest BCUT2D eigenvalue weighted by atomic mass is 10.3. The summed E-state index contributed by atoms with van der Waals surface area (Å²) in [6, 6.07) is 6.16. The number of hydrogen-bond donors (Lipinski definition) is 1. The summed E-state index contributed by atoms with van der Waals surface area (Å²) < 4.78 is 55.0. The van der Waals surface area contributed by atoms with Gasteiger partial charge in [-0.3, -0.25) is 0 Å². The molecule has 0 saturated carbocycles. The molecule has 0 atom stereocenters. The molecule has 0 bridgehead atoms. The number of halogens is 2. The van der Waals surface area contributed by atoms with Crippen LogP contribution in [0.3, 0.4) is 0 Å². The van der Waals surface area contributed by atoms with Crippen LogP contribution in [0.1, 0.15) is 11.3 Å². The van der Waals surface area contributed by atoms with Crippen molar-refractivity contribution in [2.24, 2.45) is 0 Å². The second-order valence-electron chi connectivity index (χ2n) is 5.42. The average Bonchev–Trinajstić information content (AvgIpc) is 2.91. The lowest BCUT2D eigenvalue weighted by Crippen LogP contribution is -2.27. The first-order chi connectivity index (χ1) is 11.3. The fourth-order valence-corrected chi connectivity index (χ4v) is 3.45. The van der Waals surface area contributed by atoms with E-state index in [9.17, 15) is 17.2 Å². The van der Waals surface area contributed by atoms with E-state index in [1.165, 1.54) is 0 Å². The molecule has 0 amide bonds. The summed E-state index contributed by atoms with van der Waals surface area (Å²) in [7, 11) is -4.12. The summed E-state index contributed by atoms with van der Waals surface area (Å²) in [5.74, 6) is -1.81. The minimum Gasteiger partial charge on any atom is -0.307 e. The van der Waals surface area contributed by atoms with Crippen molar-refractivity contribution in [1.29, 1.82) is 0 Å². The van der Waals surface area contributed by atoms with Gasteiger partial charge in [0.05, 0.1) is 5.69 Å². The minimum atomic E-state index is -4.12. The smallest absolute Gasteiger partial charge is 0.243 e. The Morgan fingerprint density at radius 1 is 1.21 bits per heavy atom. The number of aryl methyl sites for hydroxylation is 1. The highest BCUT2D eigenvalue weighted by Gasteiger charge is 2.19. The van der Waals surface area contributed by atoms with Crippen LogP contribution in [0.4, 0.5) is 8.78 Å². The third-order valence-electron chi connectivity index (χ3n) is 3.52.